The molecule has 1 heterocycles. The molecule has 0 amide bonds. The van der Waals surface area contributed by atoms with E-state index in [4.69, 9.17) is 11.6 Å². The molecule has 0 bridgehead atoms. The van der Waals surface area contributed by atoms with Gasteiger partial charge in [-0.3, -0.25) is 13.9 Å². The topological polar surface area (TPSA) is 44.0 Å². The Hall–Kier alpha value is -1.88. The smallest absolute Gasteiger partial charge is 0.279 e. The van der Waals surface area contributed by atoms with E-state index in [0.717, 1.165) is 10.6 Å². The van der Waals surface area contributed by atoms with Gasteiger partial charge in [-0.15, -0.1) is 0 Å². The van der Waals surface area contributed by atoms with Crippen LogP contribution in [0.25, 0.3) is 0 Å². The molecule has 0 aliphatic carbocycles. The van der Waals surface area contributed by atoms with Gasteiger partial charge in [-0.1, -0.05) is 23.7 Å². The first-order chi connectivity index (χ1) is 8.49. The molecule has 1 aromatic carbocycles. The highest BCUT2D eigenvalue weighted by molar-refractivity contribution is 6.29. The van der Waals surface area contributed by atoms with E-state index < -0.39 is 11.2 Å². The Morgan fingerprint density at radius 1 is 1.28 bits per heavy atom. The molecule has 0 radical (unpaired) electrons. The van der Waals surface area contributed by atoms with Crippen molar-refractivity contribution >= 4 is 11.6 Å². The molecule has 18 heavy (non-hydrogen) atoms. The summed E-state index contributed by atoms with van der Waals surface area (Å²) in [5, 5.41) is 0.0346. The van der Waals surface area contributed by atoms with E-state index in [1.165, 1.54) is 23.7 Å². The number of aromatic nitrogens is 2. The van der Waals surface area contributed by atoms with E-state index in [1.807, 2.05) is 0 Å². The average molecular weight is 269 g/mol. The van der Waals surface area contributed by atoms with Crippen LogP contribution in [0.2, 0.25) is 5.15 Å². The number of nitrogens with zero attached hydrogens (tertiary/aromatic N) is 2. The Kier molecular flexibility index (Phi) is 3.34. The molecule has 0 N–H and O–H groups in total. The van der Waals surface area contributed by atoms with Gasteiger partial charge in [0.1, 0.15) is 11.0 Å². The minimum Gasteiger partial charge on any atom is -0.279 e. The third kappa shape index (κ3) is 2.36. The fourth-order valence-corrected chi connectivity index (χ4v) is 1.83. The molecule has 0 saturated carbocycles. The lowest BCUT2D eigenvalue weighted by Crippen LogP contribution is -2.37. The van der Waals surface area contributed by atoms with Gasteiger partial charge < -0.3 is 0 Å². The summed E-state index contributed by atoms with van der Waals surface area (Å²) < 4.78 is 15.2. The number of halogens is 2. The maximum atomic E-state index is 13.0. The Bertz CT molecular complexity index is 706. The zero-order chi connectivity index (χ0) is 13.3. The van der Waals surface area contributed by atoms with E-state index in [2.05, 4.69) is 0 Å². The van der Waals surface area contributed by atoms with Crippen molar-refractivity contribution in [2.45, 2.75) is 6.54 Å². The molecule has 0 aliphatic heterocycles. The van der Waals surface area contributed by atoms with Crippen LogP contribution in [0.3, 0.4) is 0 Å². The predicted octanol–water partition coefficient (Wildman–Crippen LogP) is 1.39. The first-order valence-corrected chi connectivity index (χ1v) is 5.57. The van der Waals surface area contributed by atoms with Crippen LogP contribution >= 0.6 is 11.6 Å². The molecular formula is C12H10ClFN2O2. The highest BCUT2D eigenvalue weighted by Gasteiger charge is 2.08. The van der Waals surface area contributed by atoms with Gasteiger partial charge in [-0.25, -0.2) is 9.18 Å². The van der Waals surface area contributed by atoms with E-state index in [0.29, 0.717) is 5.56 Å². The molecule has 94 valence electrons. The molecule has 4 nitrogen and oxygen atoms in total. The third-order valence-electron chi connectivity index (χ3n) is 2.58. The minimum atomic E-state index is -0.531. The van der Waals surface area contributed by atoms with Crippen LogP contribution in [-0.4, -0.2) is 9.13 Å². The van der Waals surface area contributed by atoms with Crippen LogP contribution in [0.5, 0.6) is 0 Å². The lowest BCUT2D eigenvalue weighted by Gasteiger charge is -2.09. The molecule has 0 atom stereocenters. The fraction of sp³-hybridized carbons (Fsp3) is 0.167. The van der Waals surface area contributed by atoms with Crippen molar-refractivity contribution in [1.82, 2.24) is 9.13 Å². The first kappa shape index (κ1) is 12.6. The van der Waals surface area contributed by atoms with Crippen molar-refractivity contribution in [1.29, 1.82) is 0 Å². The first-order valence-electron chi connectivity index (χ1n) is 5.20. The van der Waals surface area contributed by atoms with E-state index in [9.17, 15) is 14.0 Å². The van der Waals surface area contributed by atoms with Crippen molar-refractivity contribution in [3.8, 4) is 0 Å². The van der Waals surface area contributed by atoms with Gasteiger partial charge in [-0.05, 0) is 17.7 Å². The second-order valence-electron chi connectivity index (χ2n) is 3.86. The highest BCUT2D eigenvalue weighted by atomic mass is 35.5. The van der Waals surface area contributed by atoms with Gasteiger partial charge in [0.2, 0.25) is 0 Å². The number of hydrogen-bond donors (Lipinski definition) is 0. The molecule has 1 aromatic heterocycles. The zero-order valence-corrected chi connectivity index (χ0v) is 10.3. The Morgan fingerprint density at radius 3 is 2.67 bits per heavy atom. The fourth-order valence-electron chi connectivity index (χ4n) is 1.60. The zero-order valence-electron chi connectivity index (χ0n) is 9.56. The van der Waals surface area contributed by atoms with Crippen LogP contribution in [0, 0.1) is 5.82 Å². The van der Waals surface area contributed by atoms with Crippen LogP contribution < -0.4 is 11.2 Å². The molecule has 2 aromatic rings. The van der Waals surface area contributed by atoms with Crippen molar-refractivity contribution in [3.63, 3.8) is 0 Å². The molecule has 0 unspecified atom stereocenters. The van der Waals surface area contributed by atoms with E-state index >= 15 is 0 Å². The summed E-state index contributed by atoms with van der Waals surface area (Å²) in [5.74, 6) is -0.388. The van der Waals surface area contributed by atoms with Gasteiger partial charge in [0, 0.05) is 13.1 Å². The van der Waals surface area contributed by atoms with Crippen molar-refractivity contribution in [2.75, 3.05) is 0 Å². The number of hydrogen-bond acceptors (Lipinski definition) is 2. The second-order valence-corrected chi connectivity index (χ2v) is 4.25. The van der Waals surface area contributed by atoms with Gasteiger partial charge in [0.05, 0.1) is 6.54 Å². The van der Waals surface area contributed by atoms with Crippen LogP contribution in [-0.2, 0) is 13.6 Å². The molecule has 0 fully saturated rings. The van der Waals surface area contributed by atoms with Crippen LogP contribution in [0.15, 0.2) is 39.9 Å². The van der Waals surface area contributed by atoms with Crippen molar-refractivity contribution in [3.05, 3.63) is 67.7 Å². The summed E-state index contributed by atoms with van der Waals surface area (Å²) >= 11 is 5.85. The lowest BCUT2D eigenvalue weighted by molar-refractivity contribution is 0.616. The number of benzene rings is 1. The highest BCUT2D eigenvalue weighted by Crippen LogP contribution is 2.08. The summed E-state index contributed by atoms with van der Waals surface area (Å²) in [6, 6.07) is 7.01. The van der Waals surface area contributed by atoms with E-state index in [-0.39, 0.29) is 17.5 Å². The summed E-state index contributed by atoms with van der Waals surface area (Å²) in [5.41, 5.74) is -0.407. The van der Waals surface area contributed by atoms with E-state index in [1.54, 1.807) is 12.1 Å². The summed E-state index contributed by atoms with van der Waals surface area (Å²) in [4.78, 5) is 23.2. The SMILES string of the molecule is Cn1c(=O)cc(Cl)n(Cc2cccc(F)c2)c1=O. The lowest BCUT2D eigenvalue weighted by atomic mass is 10.2. The van der Waals surface area contributed by atoms with Crippen molar-refractivity contribution in [2.24, 2.45) is 7.05 Å². The molecular weight excluding hydrogens is 259 g/mol. The maximum Gasteiger partial charge on any atom is 0.332 e. The Balaban J connectivity index is 2.51. The normalized spacial score (nSPS) is 10.6. The van der Waals surface area contributed by atoms with Crippen LogP contribution in [0.1, 0.15) is 5.56 Å². The largest absolute Gasteiger partial charge is 0.332 e. The van der Waals surface area contributed by atoms with Crippen molar-refractivity contribution < 1.29 is 4.39 Å². The average Bonchev–Trinajstić information content (AvgIpc) is 2.32. The summed E-state index contributed by atoms with van der Waals surface area (Å²) in [6.45, 7) is 0.115. The van der Waals surface area contributed by atoms with Crippen LogP contribution in [0.4, 0.5) is 4.39 Å². The third-order valence-corrected chi connectivity index (χ3v) is 2.89. The quantitative estimate of drug-likeness (QED) is 0.773. The molecule has 0 spiro atoms. The Labute approximate surface area is 107 Å². The van der Waals surface area contributed by atoms with Gasteiger partial charge >= 0.3 is 5.69 Å². The van der Waals surface area contributed by atoms with Gasteiger partial charge in [0.15, 0.2) is 0 Å². The van der Waals surface area contributed by atoms with Gasteiger partial charge in [-0.2, -0.15) is 0 Å². The number of rotatable bonds is 2. The maximum absolute atomic E-state index is 13.0. The summed E-state index contributed by atoms with van der Waals surface area (Å²) in [6.07, 6.45) is 0. The Morgan fingerprint density at radius 2 is 2.00 bits per heavy atom. The molecule has 0 aliphatic rings. The molecule has 6 heteroatoms. The monoisotopic (exact) mass is 268 g/mol. The standard InChI is InChI=1S/C12H10ClFN2O2/c1-15-11(17)6-10(13)16(12(15)18)7-8-3-2-4-9(14)5-8/h2-6H,7H2,1H3. The molecule has 2 rings (SSSR count). The minimum absolute atomic E-state index is 0.0346. The second kappa shape index (κ2) is 4.78. The summed E-state index contributed by atoms with van der Waals surface area (Å²) in [7, 11) is 1.36. The van der Waals surface area contributed by atoms with Gasteiger partial charge in [0.25, 0.3) is 5.56 Å². The predicted molar refractivity (Wildman–Crippen MR) is 66.5 cm³/mol. The molecule has 0 saturated heterocycles.